The summed E-state index contributed by atoms with van der Waals surface area (Å²) < 4.78 is 0. The summed E-state index contributed by atoms with van der Waals surface area (Å²) in [7, 11) is 0. The molecular weight excluding hydrogens is 262 g/mol. The molecule has 0 spiro atoms. The van der Waals surface area contributed by atoms with Gasteiger partial charge in [-0.05, 0) is 25.3 Å². The van der Waals surface area contributed by atoms with E-state index < -0.39 is 0 Å². The van der Waals surface area contributed by atoms with Gasteiger partial charge in [-0.25, -0.2) is 0 Å². The molecule has 1 fully saturated rings. The molecule has 1 aliphatic rings. The molecule has 5 nitrogen and oxygen atoms in total. The van der Waals surface area contributed by atoms with Crippen LogP contribution >= 0.6 is 0 Å². The van der Waals surface area contributed by atoms with Crippen LogP contribution in [0, 0.1) is 5.41 Å². The first-order valence-corrected chi connectivity index (χ1v) is 7.61. The van der Waals surface area contributed by atoms with Gasteiger partial charge >= 0.3 is 0 Å². The lowest BCUT2D eigenvalue weighted by Crippen LogP contribution is -2.43. The van der Waals surface area contributed by atoms with Gasteiger partial charge in [-0.3, -0.25) is 5.41 Å². The molecule has 1 aromatic carbocycles. The van der Waals surface area contributed by atoms with Crippen LogP contribution in [0.5, 0.6) is 0 Å². The van der Waals surface area contributed by atoms with Crippen LogP contribution in [0.25, 0.3) is 0 Å². The number of guanidine groups is 2. The highest BCUT2D eigenvalue weighted by Gasteiger charge is 2.28. The summed E-state index contributed by atoms with van der Waals surface area (Å²) in [4.78, 5) is 6.04. The Morgan fingerprint density at radius 3 is 2.38 bits per heavy atom. The van der Waals surface area contributed by atoms with Gasteiger partial charge in [-0.15, -0.1) is 0 Å². The summed E-state index contributed by atoms with van der Waals surface area (Å²) in [6.07, 6.45) is 5.88. The molecule has 0 bridgehead atoms. The number of nitrogens with two attached hydrogens (primary N) is 2. The van der Waals surface area contributed by atoms with E-state index in [9.17, 15) is 0 Å². The molecule has 0 aromatic heterocycles. The first-order valence-electron chi connectivity index (χ1n) is 7.61. The minimum atomic E-state index is -0.0546. The van der Waals surface area contributed by atoms with Crippen molar-refractivity contribution >= 4 is 11.9 Å². The average molecular weight is 287 g/mol. The fourth-order valence-electron chi connectivity index (χ4n) is 3.10. The largest absolute Gasteiger partial charge is 0.370 e. The highest BCUT2D eigenvalue weighted by molar-refractivity contribution is 5.92. The Morgan fingerprint density at radius 2 is 1.81 bits per heavy atom. The Kier molecular flexibility index (Phi) is 5.20. The van der Waals surface area contributed by atoms with E-state index in [-0.39, 0.29) is 18.0 Å². The fraction of sp³-hybridized carbons (Fsp3) is 0.500. The molecule has 0 amide bonds. The van der Waals surface area contributed by atoms with Gasteiger partial charge < -0.3 is 16.4 Å². The maximum Gasteiger partial charge on any atom is 0.221 e. The second-order valence-corrected chi connectivity index (χ2v) is 5.65. The molecule has 5 heteroatoms. The van der Waals surface area contributed by atoms with Crippen LogP contribution in [0.1, 0.15) is 50.6 Å². The Morgan fingerprint density at radius 1 is 1.19 bits per heavy atom. The third-order valence-electron chi connectivity index (χ3n) is 4.15. The zero-order chi connectivity index (χ0) is 15.2. The fourth-order valence-corrected chi connectivity index (χ4v) is 3.10. The van der Waals surface area contributed by atoms with Crippen molar-refractivity contribution < 1.29 is 0 Å². The van der Waals surface area contributed by atoms with Crippen molar-refractivity contribution in [3.8, 4) is 0 Å². The summed E-state index contributed by atoms with van der Waals surface area (Å²) in [5.74, 6) is 0.110. The smallest absolute Gasteiger partial charge is 0.221 e. The van der Waals surface area contributed by atoms with Gasteiger partial charge in [0.15, 0.2) is 5.96 Å². The number of rotatable bonds is 3. The molecule has 0 saturated heterocycles. The number of hydrogen-bond acceptors (Lipinski definition) is 1. The van der Waals surface area contributed by atoms with Crippen molar-refractivity contribution in [3.05, 3.63) is 35.9 Å². The molecule has 1 atom stereocenters. The molecule has 1 unspecified atom stereocenters. The molecule has 1 saturated carbocycles. The summed E-state index contributed by atoms with van der Waals surface area (Å²) in [6, 6.07) is 10.6. The molecule has 0 aliphatic heterocycles. The zero-order valence-corrected chi connectivity index (χ0v) is 12.6. The minimum absolute atomic E-state index is 0.0546. The maximum atomic E-state index is 8.27. The van der Waals surface area contributed by atoms with Crippen molar-refractivity contribution in [2.45, 2.75) is 51.1 Å². The van der Waals surface area contributed by atoms with Crippen molar-refractivity contribution in [1.82, 2.24) is 4.90 Å². The van der Waals surface area contributed by atoms with E-state index in [1.54, 1.807) is 0 Å². The predicted octanol–water partition coefficient (Wildman–Crippen LogP) is 2.59. The van der Waals surface area contributed by atoms with Crippen LogP contribution in [-0.2, 0) is 0 Å². The van der Waals surface area contributed by atoms with Crippen LogP contribution in [0.2, 0.25) is 0 Å². The van der Waals surface area contributed by atoms with Crippen LogP contribution in [0.15, 0.2) is 35.3 Å². The molecule has 0 heterocycles. The van der Waals surface area contributed by atoms with Gasteiger partial charge in [0.2, 0.25) is 5.96 Å². The minimum Gasteiger partial charge on any atom is -0.370 e. The molecule has 21 heavy (non-hydrogen) atoms. The Labute approximate surface area is 126 Å². The normalized spacial score (nSPS) is 17.0. The second-order valence-electron chi connectivity index (χ2n) is 5.65. The maximum absolute atomic E-state index is 8.27. The number of nitrogens with zero attached hydrogens (tertiary/aromatic N) is 2. The molecular formula is C16H25N5. The van der Waals surface area contributed by atoms with E-state index in [2.05, 4.69) is 28.9 Å². The Hall–Kier alpha value is -2.04. The number of nitrogens with one attached hydrogen (secondary N) is 1. The SMILES string of the molecule is CC(c1ccccc1)N(C(=N)N=C(N)N)C1CCCCC1. The van der Waals surface area contributed by atoms with E-state index in [1.165, 1.54) is 24.8 Å². The number of aliphatic imine (C=N–C) groups is 1. The van der Waals surface area contributed by atoms with E-state index in [0.717, 1.165) is 12.8 Å². The standard InChI is InChI=1S/C16H25N5/c1-12(13-8-4-2-5-9-13)21(16(19)20-15(17)18)14-10-6-3-7-11-14/h2,4-5,8-9,12,14H,3,6-7,10-11H2,1H3,(H5,17,18,19,20). The van der Waals surface area contributed by atoms with E-state index >= 15 is 0 Å². The number of benzene rings is 1. The molecule has 2 rings (SSSR count). The van der Waals surface area contributed by atoms with E-state index in [0.29, 0.717) is 6.04 Å². The summed E-state index contributed by atoms with van der Waals surface area (Å²) in [5.41, 5.74) is 12.1. The molecule has 0 radical (unpaired) electrons. The third kappa shape index (κ3) is 3.97. The third-order valence-corrected chi connectivity index (χ3v) is 4.15. The van der Waals surface area contributed by atoms with Crippen molar-refractivity contribution in [1.29, 1.82) is 5.41 Å². The van der Waals surface area contributed by atoms with Crippen LogP contribution in [-0.4, -0.2) is 22.9 Å². The van der Waals surface area contributed by atoms with Gasteiger partial charge in [0.1, 0.15) is 0 Å². The zero-order valence-electron chi connectivity index (χ0n) is 12.6. The second kappa shape index (κ2) is 7.11. The molecule has 114 valence electrons. The van der Waals surface area contributed by atoms with Crippen molar-refractivity contribution in [3.63, 3.8) is 0 Å². The van der Waals surface area contributed by atoms with Crippen molar-refractivity contribution in [2.75, 3.05) is 0 Å². The first-order chi connectivity index (χ1) is 10.1. The highest BCUT2D eigenvalue weighted by Crippen LogP contribution is 2.30. The molecule has 1 aromatic rings. The molecule has 1 aliphatic carbocycles. The lowest BCUT2D eigenvalue weighted by molar-refractivity contribution is 0.196. The molecule has 5 N–H and O–H groups in total. The lowest BCUT2D eigenvalue weighted by Gasteiger charge is -2.39. The van der Waals surface area contributed by atoms with Crippen LogP contribution < -0.4 is 11.5 Å². The lowest BCUT2D eigenvalue weighted by atomic mass is 9.92. The van der Waals surface area contributed by atoms with Gasteiger partial charge in [-0.1, -0.05) is 49.6 Å². The van der Waals surface area contributed by atoms with Crippen molar-refractivity contribution in [2.24, 2.45) is 16.5 Å². The van der Waals surface area contributed by atoms with Gasteiger partial charge in [0, 0.05) is 6.04 Å². The number of hydrogen-bond donors (Lipinski definition) is 3. The highest BCUT2D eigenvalue weighted by atomic mass is 15.3. The van der Waals surface area contributed by atoms with Crippen LogP contribution in [0.3, 0.4) is 0 Å². The van der Waals surface area contributed by atoms with Gasteiger partial charge in [0.05, 0.1) is 6.04 Å². The topological polar surface area (TPSA) is 91.5 Å². The Bertz CT molecular complexity index is 487. The average Bonchev–Trinajstić information content (AvgIpc) is 2.48. The van der Waals surface area contributed by atoms with Gasteiger partial charge in [0.25, 0.3) is 0 Å². The monoisotopic (exact) mass is 287 g/mol. The summed E-state index contributed by atoms with van der Waals surface area (Å²) in [5, 5.41) is 8.27. The summed E-state index contributed by atoms with van der Waals surface area (Å²) in [6.45, 7) is 2.11. The first kappa shape index (κ1) is 15.4. The predicted molar refractivity (Wildman–Crippen MR) is 87.1 cm³/mol. The summed E-state index contributed by atoms with van der Waals surface area (Å²) >= 11 is 0. The van der Waals surface area contributed by atoms with Crippen LogP contribution in [0.4, 0.5) is 0 Å². The van der Waals surface area contributed by atoms with E-state index in [1.807, 2.05) is 18.2 Å². The Balaban J connectivity index is 2.26. The van der Waals surface area contributed by atoms with Gasteiger partial charge in [-0.2, -0.15) is 4.99 Å². The van der Waals surface area contributed by atoms with E-state index in [4.69, 9.17) is 16.9 Å². The quantitative estimate of drug-likeness (QED) is 0.589.